The number of hydrogen-bond acceptors (Lipinski definition) is 9. The van der Waals surface area contributed by atoms with Crippen LogP contribution in [-0.2, 0) is 23.8 Å². The summed E-state index contributed by atoms with van der Waals surface area (Å²) in [5.41, 5.74) is 0.746. The lowest BCUT2D eigenvalue weighted by atomic mass is 10.0. The van der Waals surface area contributed by atoms with E-state index in [4.69, 9.17) is 23.7 Å². The minimum Gasteiger partial charge on any atom is -0.493 e. The summed E-state index contributed by atoms with van der Waals surface area (Å²) >= 11 is 0. The maximum absolute atomic E-state index is 12.9. The number of rotatable bonds is 14. The predicted octanol–water partition coefficient (Wildman–Crippen LogP) is 3.84. The van der Waals surface area contributed by atoms with Crippen LogP contribution in [0.1, 0.15) is 63.2 Å². The number of hydrogen-bond donors (Lipinski definition) is 1. The second-order valence-electron chi connectivity index (χ2n) is 8.60. The van der Waals surface area contributed by atoms with Crippen LogP contribution >= 0.6 is 0 Å². The molecule has 1 heterocycles. The van der Waals surface area contributed by atoms with Gasteiger partial charge in [0.1, 0.15) is 18.2 Å². The van der Waals surface area contributed by atoms with E-state index >= 15 is 0 Å². The van der Waals surface area contributed by atoms with E-state index in [0.717, 1.165) is 12.0 Å². The first-order valence-electron chi connectivity index (χ1n) is 12.1. The number of nitrogens with one attached hydrogen (secondary N) is 1. The molecule has 0 bridgehead atoms. The van der Waals surface area contributed by atoms with Gasteiger partial charge in [-0.15, -0.1) is 0 Å². The Kier molecular flexibility index (Phi) is 11.8. The number of ether oxygens (including phenoxy) is 5. The van der Waals surface area contributed by atoms with Crippen molar-refractivity contribution in [3.8, 4) is 11.5 Å². The summed E-state index contributed by atoms with van der Waals surface area (Å²) in [6, 6.07) is 10.0. The molecule has 1 amide bonds. The zero-order valence-electron chi connectivity index (χ0n) is 22.2. The monoisotopic (exact) mass is 516 g/mol. The lowest BCUT2D eigenvalue weighted by Gasteiger charge is -2.27. The molecule has 0 saturated carbocycles. The van der Waals surface area contributed by atoms with Gasteiger partial charge in [-0.25, -0.2) is 9.78 Å². The van der Waals surface area contributed by atoms with Crippen LogP contribution in [0.3, 0.4) is 0 Å². The predicted molar refractivity (Wildman–Crippen MR) is 135 cm³/mol. The summed E-state index contributed by atoms with van der Waals surface area (Å²) in [5, 5.41) is 2.57. The number of methoxy groups -OCH3 is 1. The van der Waals surface area contributed by atoms with Crippen molar-refractivity contribution in [3.63, 3.8) is 0 Å². The molecular weight excluding hydrogens is 480 g/mol. The average molecular weight is 517 g/mol. The Bertz CT molecular complexity index is 1030. The van der Waals surface area contributed by atoms with Crippen molar-refractivity contribution in [2.75, 3.05) is 20.5 Å². The first-order valence-corrected chi connectivity index (χ1v) is 12.1. The van der Waals surface area contributed by atoms with Crippen molar-refractivity contribution in [3.05, 3.63) is 53.9 Å². The van der Waals surface area contributed by atoms with Gasteiger partial charge in [0, 0.05) is 19.2 Å². The van der Waals surface area contributed by atoms with Gasteiger partial charge in [-0.2, -0.15) is 0 Å². The van der Waals surface area contributed by atoms with E-state index in [1.807, 2.05) is 30.3 Å². The van der Waals surface area contributed by atoms with E-state index in [-0.39, 0.29) is 17.2 Å². The van der Waals surface area contributed by atoms with E-state index in [2.05, 4.69) is 24.1 Å². The number of benzene rings is 1. The molecule has 10 nitrogen and oxygen atoms in total. The highest BCUT2D eigenvalue weighted by Crippen LogP contribution is 2.30. The zero-order chi connectivity index (χ0) is 27.4. The molecule has 0 fully saturated rings. The first kappa shape index (κ1) is 29.6. The van der Waals surface area contributed by atoms with Crippen LogP contribution in [0.25, 0.3) is 0 Å². The summed E-state index contributed by atoms with van der Waals surface area (Å²) in [5.74, 6) is -1.36. The Hall–Kier alpha value is -3.66. The van der Waals surface area contributed by atoms with Crippen LogP contribution in [0.15, 0.2) is 42.6 Å². The number of aromatic nitrogens is 1. The lowest BCUT2D eigenvalue weighted by Crippen LogP contribution is -2.42. The van der Waals surface area contributed by atoms with E-state index < -0.39 is 42.9 Å². The number of carbonyl (C=O) groups is 3. The average Bonchev–Trinajstić information content (AvgIpc) is 2.88. The molecule has 10 heteroatoms. The van der Waals surface area contributed by atoms with Gasteiger partial charge in [-0.3, -0.25) is 9.59 Å². The van der Waals surface area contributed by atoms with Crippen molar-refractivity contribution in [1.29, 1.82) is 0 Å². The highest BCUT2D eigenvalue weighted by molar-refractivity contribution is 5.98. The SMILES string of the molecule is CCC(C)CO[C@@H](c1ccccc1)[C@H](C)OC(=O)[C@H](C)NC(=O)c1nccc(OC)c1OCOC(C)=O. The van der Waals surface area contributed by atoms with E-state index in [1.165, 1.54) is 33.2 Å². The summed E-state index contributed by atoms with van der Waals surface area (Å²) in [6.07, 6.45) is 1.24. The molecule has 1 aromatic heterocycles. The molecule has 202 valence electrons. The number of pyridine rings is 1. The lowest BCUT2D eigenvalue weighted by molar-refractivity contribution is -0.159. The van der Waals surface area contributed by atoms with Crippen LogP contribution in [-0.4, -0.2) is 55.5 Å². The smallest absolute Gasteiger partial charge is 0.328 e. The summed E-state index contributed by atoms with van der Waals surface area (Å²) in [4.78, 5) is 40.9. The first-order chi connectivity index (χ1) is 17.7. The van der Waals surface area contributed by atoms with E-state index in [1.54, 1.807) is 6.92 Å². The molecule has 1 aromatic carbocycles. The van der Waals surface area contributed by atoms with Gasteiger partial charge in [-0.1, -0.05) is 50.6 Å². The Morgan fingerprint density at radius 2 is 1.76 bits per heavy atom. The van der Waals surface area contributed by atoms with Crippen molar-refractivity contribution in [2.45, 2.75) is 59.3 Å². The Morgan fingerprint density at radius 3 is 2.38 bits per heavy atom. The molecule has 0 saturated heterocycles. The molecule has 37 heavy (non-hydrogen) atoms. The second-order valence-corrected chi connectivity index (χ2v) is 8.60. The third-order valence-electron chi connectivity index (χ3n) is 5.58. The van der Waals surface area contributed by atoms with Crippen LogP contribution in [0.4, 0.5) is 0 Å². The van der Waals surface area contributed by atoms with Crippen LogP contribution in [0, 0.1) is 5.92 Å². The molecule has 0 spiro atoms. The molecule has 1 unspecified atom stereocenters. The van der Waals surface area contributed by atoms with Crippen LogP contribution < -0.4 is 14.8 Å². The topological polar surface area (TPSA) is 122 Å². The maximum atomic E-state index is 12.9. The van der Waals surface area contributed by atoms with Gasteiger partial charge in [0.25, 0.3) is 5.91 Å². The molecule has 1 N–H and O–H groups in total. The van der Waals surface area contributed by atoms with E-state index in [0.29, 0.717) is 12.5 Å². The maximum Gasteiger partial charge on any atom is 0.328 e. The normalized spacial score (nSPS) is 14.0. The van der Waals surface area contributed by atoms with Gasteiger partial charge in [0.15, 0.2) is 17.2 Å². The summed E-state index contributed by atoms with van der Waals surface area (Å²) in [6.45, 7) is 8.74. The van der Waals surface area contributed by atoms with Gasteiger partial charge >= 0.3 is 11.9 Å². The fourth-order valence-electron chi connectivity index (χ4n) is 3.27. The quantitative estimate of drug-likeness (QED) is 0.295. The number of esters is 2. The van der Waals surface area contributed by atoms with Gasteiger partial charge in [0.2, 0.25) is 6.79 Å². The molecule has 2 aromatic rings. The largest absolute Gasteiger partial charge is 0.493 e. The van der Waals surface area contributed by atoms with Gasteiger partial charge in [0.05, 0.1) is 13.7 Å². The Balaban J connectivity index is 2.10. The molecule has 0 aliphatic heterocycles. The summed E-state index contributed by atoms with van der Waals surface area (Å²) < 4.78 is 27.2. The van der Waals surface area contributed by atoms with Crippen molar-refractivity contribution < 1.29 is 38.1 Å². The van der Waals surface area contributed by atoms with Crippen molar-refractivity contribution >= 4 is 17.8 Å². The van der Waals surface area contributed by atoms with Gasteiger partial charge < -0.3 is 29.0 Å². The minimum atomic E-state index is -1.00. The van der Waals surface area contributed by atoms with Crippen molar-refractivity contribution in [1.82, 2.24) is 10.3 Å². The highest BCUT2D eigenvalue weighted by Gasteiger charge is 2.28. The molecule has 0 radical (unpaired) electrons. The third kappa shape index (κ3) is 9.05. The Morgan fingerprint density at radius 1 is 1.05 bits per heavy atom. The third-order valence-corrected chi connectivity index (χ3v) is 5.58. The highest BCUT2D eigenvalue weighted by atomic mass is 16.7. The molecular formula is C27H36N2O8. The van der Waals surface area contributed by atoms with Crippen LogP contribution in [0.5, 0.6) is 11.5 Å². The Labute approximate surface area is 217 Å². The molecule has 4 atom stereocenters. The second kappa shape index (κ2) is 14.8. The number of amides is 1. The number of nitrogens with zero attached hydrogens (tertiary/aromatic N) is 1. The zero-order valence-corrected chi connectivity index (χ0v) is 22.2. The minimum absolute atomic E-state index is 0.0275. The standard InChI is InChI=1S/C27H36N2O8/c1-7-17(2)15-34-24(21-11-9-8-10-12-21)19(4)37-27(32)18(3)29-26(31)23-25(36-16-35-20(5)30)22(33-6)13-14-28-23/h8-14,17-19,24H,7,15-16H2,1-6H3,(H,29,31)/t17?,18-,19-,24+/m0/s1. The fraction of sp³-hybridized carbons (Fsp3) is 0.481. The molecule has 2 rings (SSSR count). The van der Waals surface area contributed by atoms with E-state index in [9.17, 15) is 14.4 Å². The molecule has 0 aliphatic rings. The fourth-order valence-corrected chi connectivity index (χ4v) is 3.27. The van der Waals surface area contributed by atoms with Crippen molar-refractivity contribution in [2.24, 2.45) is 5.92 Å². The molecule has 0 aliphatic carbocycles. The van der Waals surface area contributed by atoms with Crippen LogP contribution in [0.2, 0.25) is 0 Å². The summed E-state index contributed by atoms with van der Waals surface area (Å²) in [7, 11) is 1.39. The van der Waals surface area contributed by atoms with Gasteiger partial charge in [-0.05, 0) is 25.3 Å². The number of carbonyl (C=O) groups excluding carboxylic acids is 3.